The van der Waals surface area contributed by atoms with Crippen LogP contribution in [0.15, 0.2) is 24.3 Å². The van der Waals surface area contributed by atoms with Gasteiger partial charge in [-0.2, -0.15) is 0 Å². The molecule has 1 unspecified atom stereocenters. The highest BCUT2D eigenvalue weighted by atomic mass is 19.1. The molecular weight excluding hydrogens is 221 g/mol. The third kappa shape index (κ3) is 4.07. The average molecular weight is 241 g/mol. The second-order valence-electron chi connectivity index (χ2n) is 4.06. The minimum absolute atomic E-state index is 0.292. The molecule has 1 atom stereocenters. The number of halogens is 1. The molecule has 0 fully saturated rings. The standard InChI is InChI=1S/C13H20FNO2/c1-3-13(16,10-15-8-9-17-2)11-4-6-12(14)7-5-11/h4-7,15-16H,3,8-10H2,1-2H3. The van der Waals surface area contributed by atoms with Crippen LogP contribution in [0.1, 0.15) is 18.9 Å². The summed E-state index contributed by atoms with van der Waals surface area (Å²) >= 11 is 0. The zero-order valence-electron chi connectivity index (χ0n) is 10.4. The first-order valence-electron chi connectivity index (χ1n) is 5.80. The van der Waals surface area contributed by atoms with Gasteiger partial charge in [0.25, 0.3) is 0 Å². The fourth-order valence-electron chi connectivity index (χ4n) is 1.66. The molecule has 1 aromatic carbocycles. The van der Waals surface area contributed by atoms with E-state index in [9.17, 15) is 9.50 Å². The Morgan fingerprint density at radius 2 is 2.00 bits per heavy atom. The van der Waals surface area contributed by atoms with E-state index in [-0.39, 0.29) is 5.82 Å². The quantitative estimate of drug-likeness (QED) is 0.713. The van der Waals surface area contributed by atoms with Crippen molar-refractivity contribution in [3.63, 3.8) is 0 Å². The molecule has 0 aromatic heterocycles. The van der Waals surface area contributed by atoms with E-state index in [1.165, 1.54) is 12.1 Å². The maximum atomic E-state index is 12.8. The summed E-state index contributed by atoms with van der Waals surface area (Å²) < 4.78 is 17.7. The average Bonchev–Trinajstić information content (AvgIpc) is 2.35. The molecule has 4 heteroatoms. The van der Waals surface area contributed by atoms with E-state index in [0.29, 0.717) is 26.1 Å². The predicted molar refractivity (Wildman–Crippen MR) is 65.3 cm³/mol. The Labute approximate surface area is 102 Å². The Bertz CT molecular complexity index is 329. The summed E-state index contributed by atoms with van der Waals surface area (Å²) in [5.74, 6) is -0.292. The minimum Gasteiger partial charge on any atom is -0.384 e. The number of ether oxygens (including phenoxy) is 1. The molecule has 0 saturated heterocycles. The van der Waals surface area contributed by atoms with Gasteiger partial charge in [0.15, 0.2) is 0 Å². The van der Waals surface area contributed by atoms with Gasteiger partial charge in [0, 0.05) is 20.2 Å². The molecule has 0 amide bonds. The highest BCUT2D eigenvalue weighted by Crippen LogP contribution is 2.24. The third-order valence-corrected chi connectivity index (χ3v) is 2.87. The van der Waals surface area contributed by atoms with Crippen LogP contribution in [-0.4, -0.2) is 31.9 Å². The van der Waals surface area contributed by atoms with Crippen LogP contribution in [0.5, 0.6) is 0 Å². The number of methoxy groups -OCH3 is 1. The smallest absolute Gasteiger partial charge is 0.123 e. The molecule has 0 aliphatic carbocycles. The number of rotatable bonds is 7. The minimum atomic E-state index is -0.957. The summed E-state index contributed by atoms with van der Waals surface area (Å²) in [4.78, 5) is 0. The summed E-state index contributed by atoms with van der Waals surface area (Å²) in [6.07, 6.45) is 0.568. The van der Waals surface area contributed by atoms with Gasteiger partial charge < -0.3 is 15.2 Å². The lowest BCUT2D eigenvalue weighted by molar-refractivity contribution is 0.0311. The van der Waals surface area contributed by atoms with Crippen molar-refractivity contribution in [2.24, 2.45) is 0 Å². The molecule has 0 saturated carbocycles. The van der Waals surface area contributed by atoms with Crippen molar-refractivity contribution in [2.75, 3.05) is 26.8 Å². The number of hydrogen-bond donors (Lipinski definition) is 2. The SMILES string of the molecule is CCC(O)(CNCCOC)c1ccc(F)cc1. The van der Waals surface area contributed by atoms with Crippen molar-refractivity contribution in [1.29, 1.82) is 0 Å². The third-order valence-electron chi connectivity index (χ3n) is 2.87. The highest BCUT2D eigenvalue weighted by molar-refractivity contribution is 5.23. The monoisotopic (exact) mass is 241 g/mol. The van der Waals surface area contributed by atoms with E-state index in [2.05, 4.69) is 5.32 Å². The maximum Gasteiger partial charge on any atom is 0.123 e. The second kappa shape index (κ2) is 6.69. The van der Waals surface area contributed by atoms with Crippen molar-refractivity contribution < 1.29 is 14.2 Å². The van der Waals surface area contributed by atoms with Crippen molar-refractivity contribution in [1.82, 2.24) is 5.32 Å². The Morgan fingerprint density at radius 1 is 1.35 bits per heavy atom. The normalized spacial score (nSPS) is 14.6. The Kier molecular flexibility index (Phi) is 5.55. The van der Waals surface area contributed by atoms with Gasteiger partial charge in [0.05, 0.1) is 6.61 Å². The van der Waals surface area contributed by atoms with Crippen LogP contribution in [0.3, 0.4) is 0 Å². The molecular formula is C13H20FNO2. The largest absolute Gasteiger partial charge is 0.384 e. The van der Waals surface area contributed by atoms with Gasteiger partial charge in [-0.05, 0) is 24.1 Å². The molecule has 0 aliphatic heterocycles. The van der Waals surface area contributed by atoms with Gasteiger partial charge in [-0.25, -0.2) is 4.39 Å². The Morgan fingerprint density at radius 3 is 2.53 bits per heavy atom. The molecule has 17 heavy (non-hydrogen) atoms. The summed E-state index contributed by atoms with van der Waals surface area (Å²) in [5.41, 5.74) is -0.229. The Hall–Kier alpha value is -0.970. The predicted octanol–water partition coefficient (Wildman–Crippen LogP) is 1.66. The van der Waals surface area contributed by atoms with Crippen LogP contribution in [0.25, 0.3) is 0 Å². The first-order chi connectivity index (χ1) is 8.12. The number of benzene rings is 1. The van der Waals surface area contributed by atoms with Gasteiger partial charge in [0.2, 0.25) is 0 Å². The molecule has 2 N–H and O–H groups in total. The molecule has 3 nitrogen and oxygen atoms in total. The van der Waals surface area contributed by atoms with Crippen LogP contribution < -0.4 is 5.32 Å². The molecule has 0 spiro atoms. The lowest BCUT2D eigenvalue weighted by Crippen LogP contribution is -2.38. The van der Waals surface area contributed by atoms with Gasteiger partial charge in [-0.15, -0.1) is 0 Å². The van der Waals surface area contributed by atoms with Crippen LogP contribution in [0.4, 0.5) is 4.39 Å². The van der Waals surface area contributed by atoms with Gasteiger partial charge in [-0.1, -0.05) is 19.1 Å². The summed E-state index contributed by atoms with van der Waals surface area (Å²) in [6.45, 7) is 3.61. The molecule has 0 aliphatic rings. The fraction of sp³-hybridized carbons (Fsp3) is 0.538. The number of hydrogen-bond acceptors (Lipinski definition) is 3. The summed E-state index contributed by atoms with van der Waals surface area (Å²) in [7, 11) is 1.63. The first kappa shape index (κ1) is 14.1. The van der Waals surface area contributed by atoms with Crippen LogP contribution in [0.2, 0.25) is 0 Å². The van der Waals surface area contributed by atoms with Crippen molar-refractivity contribution in [3.8, 4) is 0 Å². The molecule has 1 rings (SSSR count). The van der Waals surface area contributed by atoms with Gasteiger partial charge in [-0.3, -0.25) is 0 Å². The zero-order chi connectivity index (χ0) is 12.7. The Balaban J connectivity index is 2.63. The van der Waals surface area contributed by atoms with E-state index in [1.54, 1.807) is 19.2 Å². The summed E-state index contributed by atoms with van der Waals surface area (Å²) in [5, 5.41) is 13.6. The summed E-state index contributed by atoms with van der Waals surface area (Å²) in [6, 6.07) is 5.98. The number of aliphatic hydroxyl groups is 1. The first-order valence-corrected chi connectivity index (χ1v) is 5.80. The topological polar surface area (TPSA) is 41.5 Å². The molecule has 0 radical (unpaired) electrons. The van der Waals surface area contributed by atoms with E-state index in [0.717, 1.165) is 5.56 Å². The van der Waals surface area contributed by atoms with E-state index >= 15 is 0 Å². The number of nitrogens with one attached hydrogen (secondary N) is 1. The fourth-order valence-corrected chi connectivity index (χ4v) is 1.66. The van der Waals surface area contributed by atoms with E-state index in [1.807, 2.05) is 6.92 Å². The van der Waals surface area contributed by atoms with Crippen molar-refractivity contribution >= 4 is 0 Å². The van der Waals surface area contributed by atoms with Crippen LogP contribution >= 0.6 is 0 Å². The van der Waals surface area contributed by atoms with Crippen molar-refractivity contribution in [3.05, 3.63) is 35.6 Å². The molecule has 96 valence electrons. The highest BCUT2D eigenvalue weighted by Gasteiger charge is 2.26. The lowest BCUT2D eigenvalue weighted by Gasteiger charge is -2.27. The van der Waals surface area contributed by atoms with E-state index < -0.39 is 5.60 Å². The maximum absolute atomic E-state index is 12.8. The molecule has 1 aromatic rings. The van der Waals surface area contributed by atoms with Gasteiger partial charge in [0.1, 0.15) is 11.4 Å². The van der Waals surface area contributed by atoms with E-state index in [4.69, 9.17) is 4.74 Å². The second-order valence-corrected chi connectivity index (χ2v) is 4.06. The van der Waals surface area contributed by atoms with Crippen molar-refractivity contribution in [2.45, 2.75) is 18.9 Å². The lowest BCUT2D eigenvalue weighted by atomic mass is 9.91. The van der Waals surface area contributed by atoms with Gasteiger partial charge >= 0.3 is 0 Å². The van der Waals surface area contributed by atoms with Crippen LogP contribution in [-0.2, 0) is 10.3 Å². The molecule has 0 heterocycles. The molecule has 0 bridgehead atoms. The van der Waals surface area contributed by atoms with Crippen LogP contribution in [0, 0.1) is 5.82 Å². The zero-order valence-corrected chi connectivity index (χ0v) is 10.4.